The van der Waals surface area contributed by atoms with Gasteiger partial charge < -0.3 is 5.32 Å². The van der Waals surface area contributed by atoms with Gasteiger partial charge in [0.15, 0.2) is 0 Å². The second-order valence-corrected chi connectivity index (χ2v) is 12.6. The quantitative estimate of drug-likeness (QED) is 0.0852. The highest BCUT2D eigenvalue weighted by Gasteiger charge is 2.07. The van der Waals surface area contributed by atoms with Crippen LogP contribution in [0.4, 0.5) is 0 Å². The smallest absolute Gasteiger partial charge is 0.220 e. The highest BCUT2D eigenvalue weighted by molar-refractivity contribution is 5.76. The van der Waals surface area contributed by atoms with Crippen LogP contribution in [0.15, 0.2) is 0 Å². The van der Waals surface area contributed by atoms with E-state index in [4.69, 9.17) is 0 Å². The summed E-state index contributed by atoms with van der Waals surface area (Å²) in [5.74, 6) is 0.276. The van der Waals surface area contributed by atoms with Crippen molar-refractivity contribution in [3.05, 3.63) is 0 Å². The molecule has 0 aliphatic carbocycles. The fourth-order valence-electron chi connectivity index (χ4n) is 5.72. The van der Waals surface area contributed by atoms with Crippen LogP contribution in [0.25, 0.3) is 0 Å². The van der Waals surface area contributed by atoms with Crippen molar-refractivity contribution in [2.45, 2.75) is 226 Å². The van der Waals surface area contributed by atoms with Crippen LogP contribution in [0.1, 0.15) is 220 Å². The van der Waals surface area contributed by atoms with Crippen molar-refractivity contribution in [3.8, 4) is 0 Å². The molecule has 0 spiro atoms. The van der Waals surface area contributed by atoms with E-state index in [1.54, 1.807) is 0 Å². The summed E-state index contributed by atoms with van der Waals surface area (Å²) >= 11 is 0. The fraction of sp³-hybridized carbons (Fsp3) is 0.972. The van der Waals surface area contributed by atoms with E-state index in [0.717, 1.165) is 19.3 Å². The third-order valence-corrected chi connectivity index (χ3v) is 8.41. The fourth-order valence-corrected chi connectivity index (χ4v) is 5.72. The van der Waals surface area contributed by atoms with Gasteiger partial charge in [0, 0.05) is 12.5 Å². The van der Waals surface area contributed by atoms with Gasteiger partial charge in [-0.15, -0.1) is 0 Å². The van der Waals surface area contributed by atoms with Crippen molar-refractivity contribution in [2.75, 3.05) is 0 Å². The van der Waals surface area contributed by atoms with Gasteiger partial charge in [0.05, 0.1) is 0 Å². The number of nitrogens with one attached hydrogen (secondary N) is 1. The number of carbonyl (C=O) groups is 1. The zero-order valence-corrected chi connectivity index (χ0v) is 26.9. The van der Waals surface area contributed by atoms with Crippen LogP contribution < -0.4 is 5.32 Å². The molecule has 0 aromatic rings. The van der Waals surface area contributed by atoms with E-state index < -0.39 is 0 Å². The van der Waals surface area contributed by atoms with E-state index in [1.807, 2.05) is 0 Å². The summed E-state index contributed by atoms with van der Waals surface area (Å²) in [6.07, 6.45) is 42.1. The molecule has 0 aliphatic heterocycles. The summed E-state index contributed by atoms with van der Waals surface area (Å²) in [6.45, 7) is 6.77. The lowest BCUT2D eigenvalue weighted by Crippen LogP contribution is -2.32. The molecule has 0 unspecified atom stereocenters. The second kappa shape index (κ2) is 32.7. The Hall–Kier alpha value is -0.530. The number of hydrogen-bond acceptors (Lipinski definition) is 1. The second-order valence-electron chi connectivity index (χ2n) is 12.6. The van der Waals surface area contributed by atoms with E-state index >= 15 is 0 Å². The Balaban J connectivity index is 3.27. The molecule has 2 nitrogen and oxygen atoms in total. The molecule has 2 heteroatoms. The molecule has 0 heterocycles. The van der Waals surface area contributed by atoms with Gasteiger partial charge in [-0.2, -0.15) is 0 Å². The molecule has 1 atom stereocenters. The predicted octanol–water partition coefficient (Wildman–Crippen LogP) is 12.6. The topological polar surface area (TPSA) is 29.1 Å². The molecule has 0 radical (unpaired) electrons. The Bertz CT molecular complexity index is 449. The van der Waals surface area contributed by atoms with E-state index in [1.165, 1.54) is 180 Å². The van der Waals surface area contributed by atoms with Gasteiger partial charge in [0.1, 0.15) is 0 Å². The highest BCUT2D eigenvalue weighted by atomic mass is 16.1. The van der Waals surface area contributed by atoms with Gasteiger partial charge in [-0.05, 0) is 19.8 Å². The first kappa shape index (κ1) is 37.5. The van der Waals surface area contributed by atoms with E-state index in [9.17, 15) is 4.79 Å². The third-order valence-electron chi connectivity index (χ3n) is 8.41. The maximum atomic E-state index is 12.2. The Labute approximate surface area is 241 Å². The first-order valence-corrected chi connectivity index (χ1v) is 18.0. The summed E-state index contributed by atoms with van der Waals surface area (Å²) < 4.78 is 0. The molecule has 0 saturated heterocycles. The van der Waals surface area contributed by atoms with E-state index in [2.05, 4.69) is 26.1 Å². The Kier molecular flexibility index (Phi) is 32.2. The predicted molar refractivity (Wildman–Crippen MR) is 172 cm³/mol. The van der Waals surface area contributed by atoms with Gasteiger partial charge in [-0.1, -0.05) is 194 Å². The molecule has 1 amide bonds. The monoisotopic (exact) mass is 536 g/mol. The molecular weight excluding hydrogens is 462 g/mol. The molecular formula is C36H73NO. The maximum absolute atomic E-state index is 12.2. The van der Waals surface area contributed by atoms with Gasteiger partial charge in [-0.3, -0.25) is 4.79 Å². The summed E-state index contributed by atoms with van der Waals surface area (Å²) in [6, 6.07) is 0.344. The Morgan fingerprint density at radius 2 is 0.684 bits per heavy atom. The summed E-state index contributed by atoms with van der Waals surface area (Å²) in [4.78, 5) is 12.2. The zero-order valence-electron chi connectivity index (χ0n) is 26.9. The minimum Gasteiger partial charge on any atom is -0.354 e. The Morgan fingerprint density at radius 1 is 0.421 bits per heavy atom. The first-order chi connectivity index (χ1) is 18.7. The van der Waals surface area contributed by atoms with Crippen LogP contribution in [0, 0.1) is 0 Å². The van der Waals surface area contributed by atoms with Crippen LogP contribution in [-0.4, -0.2) is 11.9 Å². The lowest BCUT2D eigenvalue weighted by Gasteiger charge is -2.13. The summed E-state index contributed by atoms with van der Waals surface area (Å²) in [5.41, 5.74) is 0. The van der Waals surface area contributed by atoms with Crippen LogP contribution in [0.5, 0.6) is 0 Å². The number of carbonyl (C=O) groups excluding carboxylic acids is 1. The highest BCUT2D eigenvalue weighted by Crippen LogP contribution is 2.15. The zero-order chi connectivity index (χ0) is 27.8. The van der Waals surface area contributed by atoms with Crippen molar-refractivity contribution in [1.82, 2.24) is 5.32 Å². The third kappa shape index (κ3) is 31.7. The van der Waals surface area contributed by atoms with Gasteiger partial charge in [0.25, 0.3) is 0 Å². The minimum atomic E-state index is 0.276. The Morgan fingerprint density at radius 3 is 1.00 bits per heavy atom. The van der Waals surface area contributed by atoms with Crippen molar-refractivity contribution in [1.29, 1.82) is 0 Å². The molecule has 38 heavy (non-hydrogen) atoms. The molecule has 0 rings (SSSR count). The van der Waals surface area contributed by atoms with Crippen LogP contribution >= 0.6 is 0 Å². The van der Waals surface area contributed by atoms with Crippen LogP contribution in [-0.2, 0) is 4.79 Å². The van der Waals surface area contributed by atoms with Crippen molar-refractivity contribution < 1.29 is 4.79 Å². The van der Waals surface area contributed by atoms with Gasteiger partial charge in [-0.25, -0.2) is 0 Å². The van der Waals surface area contributed by atoms with Crippen molar-refractivity contribution in [3.63, 3.8) is 0 Å². The number of amides is 1. The first-order valence-electron chi connectivity index (χ1n) is 18.0. The largest absolute Gasteiger partial charge is 0.354 e. The molecule has 0 saturated carbocycles. The number of hydrogen-bond donors (Lipinski definition) is 1. The van der Waals surface area contributed by atoms with E-state index in [0.29, 0.717) is 6.04 Å². The molecule has 228 valence electrons. The lowest BCUT2D eigenvalue weighted by atomic mass is 10.0. The summed E-state index contributed by atoms with van der Waals surface area (Å²) in [5, 5.41) is 3.24. The normalized spacial score (nSPS) is 12.2. The average molecular weight is 536 g/mol. The molecule has 0 bridgehead atoms. The molecule has 0 fully saturated rings. The molecule has 0 aliphatic rings. The number of unbranched alkanes of at least 4 members (excludes halogenated alkanes) is 27. The molecule has 1 N–H and O–H groups in total. The summed E-state index contributed by atoms with van der Waals surface area (Å²) in [7, 11) is 0. The van der Waals surface area contributed by atoms with Crippen molar-refractivity contribution >= 4 is 5.91 Å². The molecule has 0 aromatic heterocycles. The SMILES string of the molecule is CCCCCCCCCCCCCCCCCC(=O)N[C@@H](C)CCCCCCCCCCCCCCCC. The average Bonchev–Trinajstić information content (AvgIpc) is 2.91. The maximum Gasteiger partial charge on any atom is 0.220 e. The number of rotatable bonds is 32. The minimum absolute atomic E-state index is 0.276. The standard InChI is InChI=1S/C36H73NO/c1-4-6-8-10-12-14-16-18-20-22-24-26-28-30-32-34-36(38)37-35(3)33-31-29-27-25-23-21-19-17-15-13-11-9-7-5-2/h35H,4-34H2,1-3H3,(H,37,38)/t35-/m0/s1. The lowest BCUT2D eigenvalue weighted by molar-refractivity contribution is -0.121. The van der Waals surface area contributed by atoms with Crippen molar-refractivity contribution in [2.24, 2.45) is 0 Å². The van der Waals surface area contributed by atoms with E-state index in [-0.39, 0.29) is 5.91 Å². The molecule has 0 aromatic carbocycles. The van der Waals surface area contributed by atoms with Gasteiger partial charge in [0.2, 0.25) is 5.91 Å². The van der Waals surface area contributed by atoms with Crippen LogP contribution in [0.2, 0.25) is 0 Å². The van der Waals surface area contributed by atoms with Gasteiger partial charge >= 0.3 is 0 Å². The van der Waals surface area contributed by atoms with Crippen LogP contribution in [0.3, 0.4) is 0 Å².